The number of nitrogens with two attached hydrogens (primary N) is 4. The van der Waals surface area contributed by atoms with Gasteiger partial charge in [0.1, 0.15) is 42.9 Å². The van der Waals surface area contributed by atoms with Crippen LogP contribution in [0.4, 0.5) is 10.5 Å². The fourth-order valence-electron chi connectivity index (χ4n) is 6.32. The van der Waals surface area contributed by atoms with Gasteiger partial charge >= 0.3 is 23.7 Å². The van der Waals surface area contributed by atoms with Crippen LogP contribution in [0.25, 0.3) is 0 Å². The van der Waals surface area contributed by atoms with Crippen LogP contribution in [0.3, 0.4) is 0 Å². The number of ether oxygens (including phenoxy) is 1. The lowest BCUT2D eigenvalue weighted by atomic mass is 10.0. The van der Waals surface area contributed by atoms with E-state index in [-0.39, 0.29) is 37.5 Å². The Balaban J connectivity index is 2.49. The van der Waals surface area contributed by atoms with E-state index in [0.717, 1.165) is 18.2 Å². The van der Waals surface area contributed by atoms with Gasteiger partial charge in [-0.05, 0) is 48.8 Å². The zero-order valence-corrected chi connectivity index (χ0v) is 38.1. The first-order chi connectivity index (χ1) is 32.9. The highest BCUT2D eigenvalue weighted by Crippen LogP contribution is 2.27. The lowest BCUT2D eigenvalue weighted by Crippen LogP contribution is -2.60. The Kier molecular flexibility index (Phi) is 23.5. The zero-order valence-electron chi connectivity index (χ0n) is 38.1. The third-order valence-electron chi connectivity index (χ3n) is 9.94. The molecule has 0 aliphatic heterocycles. The van der Waals surface area contributed by atoms with Gasteiger partial charge in [-0.3, -0.25) is 53.5 Å². The largest absolute Gasteiger partial charge is 0.502 e. The summed E-state index contributed by atoms with van der Waals surface area (Å²) in [4.78, 5) is 143. The van der Waals surface area contributed by atoms with E-state index in [0.29, 0.717) is 5.56 Å². The Hall–Kier alpha value is -8.59. The van der Waals surface area contributed by atoms with Gasteiger partial charge in [0.05, 0.1) is 11.3 Å². The van der Waals surface area contributed by atoms with Crippen molar-refractivity contribution in [2.45, 2.75) is 108 Å². The molecule has 8 amide bonds. The van der Waals surface area contributed by atoms with Crippen molar-refractivity contribution in [1.82, 2.24) is 31.9 Å². The first kappa shape index (κ1) is 57.5. The minimum absolute atomic E-state index is 0.0267. The first-order valence-electron chi connectivity index (χ1n) is 21.4. The number of phenolic OH excluding ortho intramolecular Hbond substituents is 1. The van der Waals surface area contributed by atoms with E-state index in [1.807, 2.05) is 5.32 Å². The summed E-state index contributed by atoms with van der Waals surface area (Å²) in [5, 5.41) is 54.1. The maximum atomic E-state index is 14.0. The molecule has 0 fully saturated rings. The highest BCUT2D eigenvalue weighted by atomic mass is 16.6. The number of alkyl carbamates (subject to hydrolysis) is 1. The smallest absolute Gasteiger partial charge is 0.408 e. The van der Waals surface area contributed by atoms with Gasteiger partial charge < -0.3 is 74.9 Å². The molecule has 0 heterocycles. The Labute approximate surface area is 399 Å². The summed E-state index contributed by atoms with van der Waals surface area (Å²) in [6.45, 7) is 3.05. The van der Waals surface area contributed by atoms with Gasteiger partial charge in [-0.2, -0.15) is 0 Å². The van der Waals surface area contributed by atoms with E-state index in [1.165, 1.54) is 0 Å². The SMILES string of the molecule is CC(C)[C@H](NC(=O)OCc1ccccc1)C(=O)N[C@@H](CCCN=C(N)N)C(=O)N[C@@H](CCC(N)=O)C(=O)N[C@@H](CCC(N)=O)C(=O)N[C@@H](Cc1ccc(O)c([N+](=O)[O-])c1)C(=O)N[C@@H](CC(=O)O)C(=O)O. The number of aliphatic imine (C=N–C) groups is 1. The van der Waals surface area contributed by atoms with Crippen LogP contribution < -0.4 is 54.8 Å². The van der Waals surface area contributed by atoms with Crippen LogP contribution in [-0.4, -0.2) is 128 Å². The quantitative estimate of drug-likeness (QED) is 0.0125. The summed E-state index contributed by atoms with van der Waals surface area (Å²) in [7, 11) is 0. The number of hydrogen-bond donors (Lipinski definition) is 13. The molecule has 382 valence electrons. The monoisotopic (exact) mass is 986 g/mol. The zero-order chi connectivity index (χ0) is 52.7. The third-order valence-corrected chi connectivity index (χ3v) is 9.94. The number of nitro benzene ring substituents is 1. The molecular weight excluding hydrogens is 929 g/mol. The van der Waals surface area contributed by atoms with E-state index in [1.54, 1.807) is 44.2 Å². The van der Waals surface area contributed by atoms with Gasteiger partial charge in [0.25, 0.3) is 0 Å². The van der Waals surface area contributed by atoms with Crippen LogP contribution in [0.15, 0.2) is 53.5 Å². The van der Waals surface area contributed by atoms with Crippen molar-refractivity contribution in [2.24, 2.45) is 33.8 Å². The number of primary amides is 2. The summed E-state index contributed by atoms with van der Waals surface area (Å²) in [5.74, 6) is -12.6. The molecule has 0 aliphatic carbocycles. The van der Waals surface area contributed by atoms with Crippen LogP contribution in [0.1, 0.15) is 69.9 Å². The second-order valence-corrected chi connectivity index (χ2v) is 15.9. The molecule has 0 saturated heterocycles. The highest BCUT2D eigenvalue weighted by molar-refractivity contribution is 5.97. The molecule has 0 bridgehead atoms. The normalized spacial score (nSPS) is 13.3. The van der Waals surface area contributed by atoms with Crippen molar-refractivity contribution >= 4 is 71.0 Å². The van der Waals surface area contributed by atoms with Crippen LogP contribution in [0, 0.1) is 16.0 Å². The third kappa shape index (κ3) is 20.9. The number of carboxylic acid groups (broad SMARTS) is 2. The number of guanidine groups is 1. The maximum Gasteiger partial charge on any atom is 0.408 e. The number of benzene rings is 2. The lowest BCUT2D eigenvalue weighted by molar-refractivity contribution is -0.385. The first-order valence-corrected chi connectivity index (χ1v) is 21.4. The van der Waals surface area contributed by atoms with Crippen molar-refractivity contribution in [3.8, 4) is 5.75 Å². The van der Waals surface area contributed by atoms with Crippen molar-refractivity contribution in [2.75, 3.05) is 6.54 Å². The van der Waals surface area contributed by atoms with Crippen molar-refractivity contribution in [3.63, 3.8) is 0 Å². The lowest BCUT2D eigenvalue weighted by Gasteiger charge is -2.28. The number of carbonyl (C=O) groups is 10. The van der Waals surface area contributed by atoms with Crippen LogP contribution in [0.2, 0.25) is 0 Å². The predicted molar refractivity (Wildman–Crippen MR) is 243 cm³/mol. The van der Waals surface area contributed by atoms with Gasteiger partial charge in [-0.25, -0.2) is 9.59 Å². The van der Waals surface area contributed by atoms with E-state index in [9.17, 15) is 73.4 Å². The molecule has 0 radical (unpaired) electrons. The molecule has 28 heteroatoms. The number of nitro groups is 1. The molecule has 0 saturated carbocycles. The van der Waals surface area contributed by atoms with Gasteiger partial charge in [-0.15, -0.1) is 0 Å². The number of aliphatic carboxylic acids is 2. The topological polar surface area (TPSA) is 472 Å². The van der Waals surface area contributed by atoms with E-state index < -0.39 is 156 Å². The predicted octanol–water partition coefficient (Wildman–Crippen LogP) is -2.64. The molecule has 17 N–H and O–H groups in total. The molecule has 2 aromatic carbocycles. The van der Waals surface area contributed by atoms with E-state index in [2.05, 4.69) is 31.6 Å². The molecule has 0 unspecified atom stereocenters. The molecule has 2 aromatic rings. The number of phenols is 1. The minimum atomic E-state index is -2.05. The number of nitrogens with zero attached hydrogens (tertiary/aromatic N) is 2. The summed E-state index contributed by atoms with van der Waals surface area (Å²) in [6.07, 6.45) is -5.07. The van der Waals surface area contributed by atoms with Gasteiger partial charge in [0.15, 0.2) is 11.7 Å². The minimum Gasteiger partial charge on any atom is -0.502 e. The molecule has 0 aromatic heterocycles. The molecule has 0 spiro atoms. The van der Waals surface area contributed by atoms with Crippen molar-refractivity contribution < 1.29 is 72.9 Å². The van der Waals surface area contributed by atoms with Gasteiger partial charge in [0.2, 0.25) is 41.4 Å². The Morgan fingerprint density at radius 2 is 1.17 bits per heavy atom. The molecular formula is C42H58N12O16. The summed E-state index contributed by atoms with van der Waals surface area (Å²) < 4.78 is 5.25. The number of aromatic hydroxyl groups is 1. The van der Waals surface area contributed by atoms with Crippen LogP contribution in [-0.2, 0) is 60.9 Å². The Bertz CT molecular complexity index is 2260. The molecule has 2 rings (SSSR count). The second-order valence-electron chi connectivity index (χ2n) is 15.9. The van der Waals surface area contributed by atoms with E-state index >= 15 is 0 Å². The standard InChI is InChI=1S/C42H58N12O16/c1-21(2)34(53-42(67)70-20-22-7-4-3-5-8-22)39(64)50-24(9-6-16-47-41(45)46)35(60)48-25(11-14-31(43)56)36(61)49-26(12-15-32(44)57)37(62)51-27(38(63)52-28(40(65)66)19-33(58)59)17-23-10-13-30(55)29(18-23)54(68)69/h3-5,7-8,10,13,18,21,24-28,34,55H,6,9,11-12,14-17,19-20H2,1-2H3,(H2,43,56)(H2,44,57)(H,48,60)(H,49,61)(H,50,64)(H,51,62)(H,52,63)(H,53,67)(H,58,59)(H,65,66)(H4,45,46,47)/t24-,25-,26-,27-,28-,34-/m0/s1. The Morgan fingerprint density at radius 1 is 0.671 bits per heavy atom. The summed E-state index contributed by atoms with van der Waals surface area (Å²) in [5.41, 5.74) is 21.3. The summed E-state index contributed by atoms with van der Waals surface area (Å²) >= 11 is 0. The highest BCUT2D eigenvalue weighted by Gasteiger charge is 2.35. The molecule has 28 nitrogen and oxygen atoms in total. The number of carboxylic acids is 2. The average molecular weight is 987 g/mol. The summed E-state index contributed by atoms with van der Waals surface area (Å²) in [6, 6.07) is 1.28. The number of nitrogens with one attached hydrogen (secondary N) is 6. The Morgan fingerprint density at radius 3 is 1.66 bits per heavy atom. The van der Waals surface area contributed by atoms with E-state index in [4.69, 9.17) is 27.7 Å². The average Bonchev–Trinajstić information content (AvgIpc) is 3.28. The molecule has 0 aliphatic rings. The van der Waals surface area contributed by atoms with Crippen LogP contribution >= 0.6 is 0 Å². The maximum absolute atomic E-state index is 14.0. The molecule has 6 atom stereocenters. The van der Waals surface area contributed by atoms with Crippen LogP contribution in [0.5, 0.6) is 5.75 Å². The number of amides is 8. The second kappa shape index (κ2) is 28.6. The molecule has 70 heavy (non-hydrogen) atoms. The van der Waals surface area contributed by atoms with Crippen molar-refractivity contribution in [3.05, 3.63) is 69.8 Å². The fourth-order valence-corrected chi connectivity index (χ4v) is 6.32. The number of carbonyl (C=O) groups excluding carboxylic acids is 8. The van der Waals surface area contributed by atoms with Crippen molar-refractivity contribution in [1.29, 1.82) is 0 Å². The number of hydrogen-bond acceptors (Lipinski definition) is 15. The van der Waals surface area contributed by atoms with Gasteiger partial charge in [0, 0.05) is 31.9 Å². The van der Waals surface area contributed by atoms with Gasteiger partial charge in [-0.1, -0.05) is 50.2 Å². The number of rotatable bonds is 30. The fraction of sp³-hybridized carbons (Fsp3) is 0.452.